The highest BCUT2D eigenvalue weighted by Crippen LogP contribution is 2.24. The summed E-state index contributed by atoms with van der Waals surface area (Å²) in [5, 5.41) is 16.0. The molecule has 23 heavy (non-hydrogen) atoms. The molecule has 0 saturated carbocycles. The normalized spacial score (nSPS) is 10.2. The molecular weight excluding hydrogens is 339 g/mol. The van der Waals surface area contributed by atoms with Crippen LogP contribution in [0.25, 0.3) is 0 Å². The van der Waals surface area contributed by atoms with Gasteiger partial charge in [0.05, 0.1) is 10.0 Å². The fourth-order valence-electron chi connectivity index (χ4n) is 1.76. The van der Waals surface area contributed by atoms with Gasteiger partial charge in [-0.15, -0.1) is 0 Å². The summed E-state index contributed by atoms with van der Waals surface area (Å²) in [6.07, 6.45) is 0. The number of nitrogens with one attached hydrogen (secondary N) is 2. The molecule has 0 aliphatic carbocycles. The van der Waals surface area contributed by atoms with Crippen molar-refractivity contribution in [3.8, 4) is 11.5 Å². The Morgan fingerprint density at radius 2 is 1.78 bits per heavy atom. The van der Waals surface area contributed by atoms with Crippen LogP contribution in [0.3, 0.4) is 0 Å². The van der Waals surface area contributed by atoms with Crippen LogP contribution >= 0.6 is 23.2 Å². The van der Waals surface area contributed by atoms with Gasteiger partial charge in [0, 0.05) is 18.8 Å². The van der Waals surface area contributed by atoms with Gasteiger partial charge >= 0.3 is 0 Å². The lowest BCUT2D eigenvalue weighted by molar-refractivity contribution is -0.123. The van der Waals surface area contributed by atoms with E-state index >= 15 is 0 Å². The van der Waals surface area contributed by atoms with E-state index in [0.29, 0.717) is 28.9 Å². The number of carbonyl (C=O) groups excluding carboxylic acids is 1. The largest absolute Gasteiger partial charge is 0.508 e. The van der Waals surface area contributed by atoms with E-state index in [-0.39, 0.29) is 18.3 Å². The van der Waals surface area contributed by atoms with Crippen molar-refractivity contribution in [1.82, 2.24) is 5.32 Å². The number of ether oxygens (including phenoxy) is 1. The molecule has 0 atom stereocenters. The zero-order chi connectivity index (χ0) is 16.7. The second-order valence-corrected chi connectivity index (χ2v) is 5.50. The molecule has 0 heterocycles. The number of benzene rings is 2. The molecule has 0 saturated heterocycles. The number of rotatable bonds is 7. The van der Waals surface area contributed by atoms with Crippen molar-refractivity contribution in [2.45, 2.75) is 0 Å². The van der Waals surface area contributed by atoms with Crippen LogP contribution in [-0.2, 0) is 4.79 Å². The lowest BCUT2D eigenvalue weighted by atomic mass is 10.3. The maximum absolute atomic E-state index is 11.6. The molecule has 2 aromatic rings. The Kier molecular flexibility index (Phi) is 6.38. The summed E-state index contributed by atoms with van der Waals surface area (Å²) < 4.78 is 5.29. The van der Waals surface area contributed by atoms with Crippen molar-refractivity contribution in [3.05, 3.63) is 52.5 Å². The maximum Gasteiger partial charge on any atom is 0.258 e. The fourth-order valence-corrected chi connectivity index (χ4v) is 2.06. The van der Waals surface area contributed by atoms with Crippen LogP contribution in [0.2, 0.25) is 10.0 Å². The summed E-state index contributed by atoms with van der Waals surface area (Å²) in [5.74, 6) is 0.441. The highest BCUT2D eigenvalue weighted by atomic mass is 35.5. The van der Waals surface area contributed by atoms with Crippen molar-refractivity contribution in [2.75, 3.05) is 25.0 Å². The summed E-state index contributed by atoms with van der Waals surface area (Å²) >= 11 is 11.7. The van der Waals surface area contributed by atoms with Crippen LogP contribution in [0.4, 0.5) is 5.69 Å². The summed E-state index contributed by atoms with van der Waals surface area (Å²) in [6, 6.07) is 11.4. The van der Waals surface area contributed by atoms with E-state index in [4.69, 9.17) is 33.0 Å². The van der Waals surface area contributed by atoms with Crippen LogP contribution in [0, 0.1) is 0 Å². The van der Waals surface area contributed by atoms with E-state index in [9.17, 15) is 4.79 Å². The molecule has 0 unspecified atom stereocenters. The molecule has 2 rings (SSSR count). The third-order valence-electron chi connectivity index (χ3n) is 2.90. The minimum absolute atomic E-state index is 0.0858. The molecule has 0 radical (unpaired) electrons. The lowest BCUT2D eigenvalue weighted by Gasteiger charge is -2.09. The molecule has 0 aliphatic rings. The van der Waals surface area contributed by atoms with E-state index in [1.54, 1.807) is 24.3 Å². The molecule has 0 spiro atoms. The number of carbonyl (C=O) groups is 1. The van der Waals surface area contributed by atoms with Crippen LogP contribution < -0.4 is 15.4 Å². The summed E-state index contributed by atoms with van der Waals surface area (Å²) in [7, 11) is 0. The number of hydrogen-bond acceptors (Lipinski definition) is 4. The van der Waals surface area contributed by atoms with Gasteiger partial charge < -0.3 is 20.5 Å². The van der Waals surface area contributed by atoms with Gasteiger partial charge in [0.15, 0.2) is 6.61 Å². The monoisotopic (exact) mass is 354 g/mol. The molecule has 0 aliphatic heterocycles. The summed E-state index contributed by atoms with van der Waals surface area (Å²) in [6.45, 7) is 0.901. The fraction of sp³-hybridized carbons (Fsp3) is 0.188. The molecule has 0 aromatic heterocycles. The van der Waals surface area contributed by atoms with E-state index in [2.05, 4.69) is 10.6 Å². The minimum atomic E-state index is -0.228. The highest BCUT2D eigenvalue weighted by molar-refractivity contribution is 6.42. The number of hydrogen-bond donors (Lipinski definition) is 3. The predicted octanol–water partition coefficient (Wildman–Crippen LogP) is 3.31. The number of phenolic OH excluding ortho intramolecular Hbond substituents is 1. The Labute approximate surface area is 144 Å². The molecule has 1 amide bonds. The molecule has 0 fully saturated rings. The van der Waals surface area contributed by atoms with Gasteiger partial charge in [-0.3, -0.25) is 4.79 Å². The van der Waals surface area contributed by atoms with Gasteiger partial charge in [-0.1, -0.05) is 23.2 Å². The predicted molar refractivity (Wildman–Crippen MR) is 91.6 cm³/mol. The average molecular weight is 355 g/mol. The first-order valence-electron chi connectivity index (χ1n) is 6.92. The maximum atomic E-state index is 11.6. The first-order chi connectivity index (χ1) is 11.0. The molecule has 3 N–H and O–H groups in total. The number of phenols is 1. The third kappa shape index (κ3) is 5.88. The molecule has 122 valence electrons. The summed E-state index contributed by atoms with van der Waals surface area (Å²) in [5.41, 5.74) is 0.828. The molecule has 0 bridgehead atoms. The highest BCUT2D eigenvalue weighted by Gasteiger charge is 2.03. The smallest absolute Gasteiger partial charge is 0.258 e. The van der Waals surface area contributed by atoms with Crippen molar-refractivity contribution >= 4 is 34.8 Å². The van der Waals surface area contributed by atoms with Gasteiger partial charge in [-0.2, -0.15) is 0 Å². The number of amides is 1. The molecule has 5 nitrogen and oxygen atoms in total. The number of anilines is 1. The zero-order valence-electron chi connectivity index (χ0n) is 12.2. The van der Waals surface area contributed by atoms with Crippen LogP contribution in [-0.4, -0.2) is 30.7 Å². The van der Waals surface area contributed by atoms with E-state index in [1.165, 1.54) is 12.1 Å². The standard InChI is InChI=1S/C16H16Cl2N2O3/c17-14-6-1-11(9-15(14)18)19-7-8-20-16(22)10-23-13-4-2-12(21)3-5-13/h1-6,9,19,21H,7-8,10H2,(H,20,22). The van der Waals surface area contributed by atoms with Crippen molar-refractivity contribution < 1.29 is 14.6 Å². The van der Waals surface area contributed by atoms with Crippen molar-refractivity contribution in [1.29, 1.82) is 0 Å². The second kappa shape index (κ2) is 8.50. The Morgan fingerprint density at radius 3 is 2.48 bits per heavy atom. The number of halogens is 2. The first-order valence-corrected chi connectivity index (χ1v) is 7.67. The van der Waals surface area contributed by atoms with Gasteiger partial charge in [0.2, 0.25) is 0 Å². The van der Waals surface area contributed by atoms with Crippen molar-refractivity contribution in [3.63, 3.8) is 0 Å². The number of aromatic hydroxyl groups is 1. The first kappa shape index (κ1) is 17.2. The van der Waals surface area contributed by atoms with E-state index in [0.717, 1.165) is 5.69 Å². The van der Waals surface area contributed by atoms with E-state index < -0.39 is 0 Å². The Balaban J connectivity index is 1.64. The van der Waals surface area contributed by atoms with Crippen molar-refractivity contribution in [2.24, 2.45) is 0 Å². The van der Waals surface area contributed by atoms with Gasteiger partial charge in [0.25, 0.3) is 5.91 Å². The van der Waals surface area contributed by atoms with Gasteiger partial charge in [-0.05, 0) is 42.5 Å². The Morgan fingerprint density at radius 1 is 1.04 bits per heavy atom. The Hall–Kier alpha value is -2.11. The van der Waals surface area contributed by atoms with Crippen LogP contribution in [0.15, 0.2) is 42.5 Å². The van der Waals surface area contributed by atoms with Gasteiger partial charge in [0.1, 0.15) is 11.5 Å². The summed E-state index contributed by atoms with van der Waals surface area (Å²) in [4.78, 5) is 11.6. The zero-order valence-corrected chi connectivity index (χ0v) is 13.7. The van der Waals surface area contributed by atoms with Crippen LogP contribution in [0.5, 0.6) is 11.5 Å². The second-order valence-electron chi connectivity index (χ2n) is 4.69. The van der Waals surface area contributed by atoms with E-state index in [1.807, 2.05) is 6.07 Å². The molecule has 7 heteroatoms. The molecule has 2 aromatic carbocycles. The SMILES string of the molecule is O=C(COc1ccc(O)cc1)NCCNc1ccc(Cl)c(Cl)c1. The quantitative estimate of drug-likeness (QED) is 0.667. The topological polar surface area (TPSA) is 70.6 Å². The minimum Gasteiger partial charge on any atom is -0.508 e. The Bertz CT molecular complexity index is 663. The van der Waals surface area contributed by atoms with Crippen LogP contribution in [0.1, 0.15) is 0 Å². The lowest BCUT2D eigenvalue weighted by Crippen LogP contribution is -2.32. The van der Waals surface area contributed by atoms with Gasteiger partial charge in [-0.25, -0.2) is 0 Å². The average Bonchev–Trinajstić information content (AvgIpc) is 2.54. The third-order valence-corrected chi connectivity index (χ3v) is 3.64. The molecular formula is C16H16Cl2N2O3.